The van der Waals surface area contributed by atoms with Gasteiger partial charge in [0.05, 0.1) is 26.6 Å². The number of thiophene rings is 1. The summed E-state index contributed by atoms with van der Waals surface area (Å²) in [6, 6.07) is 5.63. The van der Waals surface area contributed by atoms with Crippen LogP contribution in [0, 0.1) is 18.3 Å². The van der Waals surface area contributed by atoms with Crippen molar-refractivity contribution in [2.45, 2.75) is 24.0 Å². The van der Waals surface area contributed by atoms with Crippen LogP contribution in [0.5, 0.6) is 0 Å². The lowest BCUT2D eigenvalue weighted by atomic mass is 10.2. The number of aromatic nitrogens is 1. The Labute approximate surface area is 140 Å². The van der Waals surface area contributed by atoms with E-state index in [1.807, 2.05) is 18.4 Å². The van der Waals surface area contributed by atoms with Crippen molar-refractivity contribution in [3.8, 4) is 6.07 Å². The van der Waals surface area contributed by atoms with Crippen molar-refractivity contribution in [1.29, 1.82) is 5.26 Å². The fourth-order valence-electron chi connectivity index (χ4n) is 1.64. The fourth-order valence-corrected chi connectivity index (χ4v) is 4.15. The van der Waals surface area contributed by atoms with Crippen molar-refractivity contribution in [3.05, 3.63) is 28.1 Å². The second-order valence-corrected chi connectivity index (χ2v) is 7.48. The first-order valence-electron chi connectivity index (χ1n) is 6.44. The van der Waals surface area contributed by atoms with Gasteiger partial charge in [0, 0.05) is 12.8 Å². The Morgan fingerprint density at radius 1 is 1.45 bits per heavy atom. The highest BCUT2D eigenvalue weighted by atomic mass is 32.2. The van der Waals surface area contributed by atoms with E-state index >= 15 is 0 Å². The summed E-state index contributed by atoms with van der Waals surface area (Å²) in [6.45, 7) is 1.84. The average Bonchev–Trinajstić information content (AvgIpc) is 3.13. The number of rotatable bonds is 7. The van der Waals surface area contributed by atoms with Gasteiger partial charge < -0.3 is 5.32 Å². The second-order valence-electron chi connectivity index (χ2n) is 4.29. The van der Waals surface area contributed by atoms with E-state index in [9.17, 15) is 9.59 Å². The molecule has 0 fully saturated rings. The highest BCUT2D eigenvalue weighted by molar-refractivity contribution is 8.01. The first-order chi connectivity index (χ1) is 10.6. The third kappa shape index (κ3) is 4.66. The number of Topliss-reactive ketones (excluding diaryl/α,β-unsaturated/α-hetero) is 1. The van der Waals surface area contributed by atoms with Gasteiger partial charge in [0.25, 0.3) is 0 Å². The number of thioether (sulfide) groups is 1. The molecule has 0 aliphatic rings. The van der Waals surface area contributed by atoms with Crippen LogP contribution in [-0.4, -0.2) is 22.4 Å². The molecular weight excluding hydrogens is 338 g/mol. The number of thiazole rings is 1. The van der Waals surface area contributed by atoms with E-state index in [1.165, 1.54) is 34.4 Å². The SMILES string of the molecule is Cc1nc(NC(=O)CCC(=O)c2cccs2)sc1SCC#N. The molecule has 114 valence electrons. The van der Waals surface area contributed by atoms with Gasteiger partial charge in [-0.25, -0.2) is 4.98 Å². The summed E-state index contributed by atoms with van der Waals surface area (Å²) in [7, 11) is 0. The minimum Gasteiger partial charge on any atom is -0.302 e. The first-order valence-corrected chi connectivity index (χ1v) is 9.12. The molecule has 8 heteroatoms. The number of ketones is 1. The Morgan fingerprint density at radius 2 is 2.27 bits per heavy atom. The summed E-state index contributed by atoms with van der Waals surface area (Å²) in [4.78, 5) is 28.6. The maximum Gasteiger partial charge on any atom is 0.226 e. The molecule has 5 nitrogen and oxygen atoms in total. The van der Waals surface area contributed by atoms with Crippen molar-refractivity contribution in [2.75, 3.05) is 11.1 Å². The second kappa shape index (κ2) is 8.08. The molecule has 2 heterocycles. The smallest absolute Gasteiger partial charge is 0.226 e. The maximum atomic E-state index is 11.9. The average molecular weight is 351 g/mol. The summed E-state index contributed by atoms with van der Waals surface area (Å²) in [5.41, 5.74) is 0.801. The first kappa shape index (κ1) is 16.7. The number of nitriles is 1. The van der Waals surface area contributed by atoms with Crippen LogP contribution in [0.25, 0.3) is 0 Å². The topological polar surface area (TPSA) is 82.8 Å². The summed E-state index contributed by atoms with van der Waals surface area (Å²) in [5, 5.41) is 13.6. The Hall–Kier alpha value is -1.69. The monoisotopic (exact) mass is 351 g/mol. The van der Waals surface area contributed by atoms with E-state index in [0.29, 0.717) is 15.8 Å². The highest BCUT2D eigenvalue weighted by Gasteiger charge is 2.13. The van der Waals surface area contributed by atoms with Gasteiger partial charge in [0.2, 0.25) is 5.91 Å². The van der Waals surface area contributed by atoms with Crippen molar-refractivity contribution < 1.29 is 9.59 Å². The summed E-state index contributed by atoms with van der Waals surface area (Å²) in [6.07, 6.45) is 0.322. The zero-order valence-electron chi connectivity index (χ0n) is 11.8. The predicted molar refractivity (Wildman–Crippen MR) is 89.7 cm³/mol. The Morgan fingerprint density at radius 3 is 2.95 bits per heavy atom. The van der Waals surface area contributed by atoms with Gasteiger partial charge in [-0.05, 0) is 18.4 Å². The van der Waals surface area contributed by atoms with Crippen molar-refractivity contribution in [1.82, 2.24) is 4.98 Å². The van der Waals surface area contributed by atoms with Crippen LogP contribution in [0.2, 0.25) is 0 Å². The number of hydrogen-bond acceptors (Lipinski definition) is 7. The van der Waals surface area contributed by atoms with Gasteiger partial charge >= 0.3 is 0 Å². The number of carbonyl (C=O) groups excluding carboxylic acids is 2. The zero-order chi connectivity index (χ0) is 15.9. The van der Waals surface area contributed by atoms with Crippen molar-refractivity contribution in [2.24, 2.45) is 0 Å². The third-order valence-electron chi connectivity index (χ3n) is 2.64. The summed E-state index contributed by atoms with van der Waals surface area (Å²) < 4.78 is 0.923. The van der Waals surface area contributed by atoms with E-state index < -0.39 is 0 Å². The van der Waals surface area contributed by atoms with Crippen LogP contribution in [-0.2, 0) is 4.79 Å². The number of amides is 1. The molecule has 1 N–H and O–H groups in total. The van der Waals surface area contributed by atoms with E-state index in [-0.39, 0.29) is 24.5 Å². The normalized spacial score (nSPS) is 10.2. The molecule has 2 aromatic heterocycles. The number of nitrogens with zero attached hydrogens (tertiary/aromatic N) is 2. The molecule has 0 spiro atoms. The van der Waals surface area contributed by atoms with Gasteiger partial charge in [0.15, 0.2) is 10.9 Å². The number of nitrogens with one attached hydrogen (secondary N) is 1. The summed E-state index contributed by atoms with van der Waals surface area (Å²) in [5.74, 6) is 0.104. The van der Waals surface area contributed by atoms with E-state index in [2.05, 4.69) is 16.4 Å². The number of aryl methyl sites for hydroxylation is 1. The predicted octanol–water partition coefficient (Wildman–Crippen LogP) is 3.73. The highest BCUT2D eigenvalue weighted by Crippen LogP contribution is 2.31. The van der Waals surface area contributed by atoms with Crippen LogP contribution >= 0.6 is 34.4 Å². The largest absolute Gasteiger partial charge is 0.302 e. The molecule has 0 saturated carbocycles. The van der Waals surface area contributed by atoms with Gasteiger partial charge in [0.1, 0.15) is 0 Å². The quantitative estimate of drug-likeness (QED) is 0.607. The van der Waals surface area contributed by atoms with Crippen LogP contribution in [0.3, 0.4) is 0 Å². The molecule has 0 saturated heterocycles. The molecule has 2 aromatic rings. The molecule has 0 aliphatic heterocycles. The molecule has 22 heavy (non-hydrogen) atoms. The molecule has 2 rings (SSSR count). The van der Waals surface area contributed by atoms with Crippen molar-refractivity contribution in [3.63, 3.8) is 0 Å². The van der Waals surface area contributed by atoms with Crippen molar-refractivity contribution >= 4 is 51.3 Å². The molecule has 0 aromatic carbocycles. The lowest BCUT2D eigenvalue weighted by Crippen LogP contribution is -2.13. The van der Waals surface area contributed by atoms with E-state index in [1.54, 1.807) is 6.07 Å². The van der Waals surface area contributed by atoms with Gasteiger partial charge in [-0.1, -0.05) is 29.2 Å². The Kier molecular flexibility index (Phi) is 6.12. The van der Waals surface area contributed by atoms with Gasteiger partial charge in [-0.15, -0.1) is 11.3 Å². The third-order valence-corrected chi connectivity index (χ3v) is 5.86. The molecule has 0 aliphatic carbocycles. The lowest BCUT2D eigenvalue weighted by molar-refractivity contribution is -0.116. The number of carbonyl (C=O) groups is 2. The summed E-state index contributed by atoms with van der Waals surface area (Å²) >= 11 is 4.13. The van der Waals surface area contributed by atoms with E-state index in [0.717, 1.165) is 9.90 Å². The molecule has 0 atom stereocenters. The molecule has 1 amide bonds. The number of anilines is 1. The lowest BCUT2D eigenvalue weighted by Gasteiger charge is -2.00. The van der Waals surface area contributed by atoms with Gasteiger partial charge in [-0.2, -0.15) is 5.26 Å². The Bertz CT molecular complexity index is 701. The molecule has 0 radical (unpaired) electrons. The van der Waals surface area contributed by atoms with Gasteiger partial charge in [-0.3, -0.25) is 9.59 Å². The zero-order valence-corrected chi connectivity index (χ0v) is 14.2. The van der Waals surface area contributed by atoms with Crippen LogP contribution in [0.15, 0.2) is 21.7 Å². The standard InChI is InChI=1S/C14H13N3O2S3/c1-9-13(21-8-6-15)22-14(16-9)17-12(19)5-4-10(18)11-3-2-7-20-11/h2-3,7H,4-5,8H2,1H3,(H,16,17,19). The minimum atomic E-state index is -0.226. The van der Waals surface area contributed by atoms with Crippen LogP contribution in [0.1, 0.15) is 28.2 Å². The van der Waals surface area contributed by atoms with Crippen LogP contribution < -0.4 is 5.32 Å². The molecular formula is C14H13N3O2S3. The van der Waals surface area contributed by atoms with E-state index in [4.69, 9.17) is 5.26 Å². The minimum absolute atomic E-state index is 0.0225. The number of hydrogen-bond donors (Lipinski definition) is 1. The molecule has 0 bridgehead atoms. The fraction of sp³-hybridized carbons (Fsp3) is 0.286. The Balaban J connectivity index is 1.84. The maximum absolute atomic E-state index is 11.9. The van der Waals surface area contributed by atoms with Crippen LogP contribution in [0.4, 0.5) is 5.13 Å². The molecule has 0 unspecified atom stereocenters.